The van der Waals surface area contributed by atoms with Gasteiger partial charge < -0.3 is 10.1 Å². The van der Waals surface area contributed by atoms with E-state index in [9.17, 15) is 9.59 Å². The Bertz CT molecular complexity index is 636. The highest BCUT2D eigenvalue weighted by molar-refractivity contribution is 5.94. The van der Waals surface area contributed by atoms with Crippen LogP contribution >= 0.6 is 0 Å². The molecule has 0 aromatic heterocycles. The van der Waals surface area contributed by atoms with E-state index in [0.717, 1.165) is 6.42 Å². The molecule has 1 aromatic rings. The van der Waals surface area contributed by atoms with Gasteiger partial charge in [0, 0.05) is 12.1 Å². The third-order valence-electron chi connectivity index (χ3n) is 5.34. The molecule has 1 aromatic carbocycles. The van der Waals surface area contributed by atoms with E-state index in [1.165, 1.54) is 5.57 Å². The van der Waals surface area contributed by atoms with Gasteiger partial charge in [-0.1, -0.05) is 43.7 Å². The first kappa shape index (κ1) is 20.2. The van der Waals surface area contributed by atoms with E-state index in [1.54, 1.807) is 0 Å². The number of esters is 1. The number of amides is 1. The Kier molecular flexibility index (Phi) is 7.43. The van der Waals surface area contributed by atoms with Gasteiger partial charge in [-0.2, -0.15) is 0 Å². The number of hydrogen-bond donors (Lipinski definition) is 1. The fourth-order valence-corrected chi connectivity index (χ4v) is 3.83. The summed E-state index contributed by atoms with van der Waals surface area (Å²) < 4.78 is 5.12. The van der Waals surface area contributed by atoms with Crippen LogP contribution in [0.15, 0.2) is 42.0 Å². The fourth-order valence-electron chi connectivity index (χ4n) is 3.83. The minimum absolute atomic E-state index is 0.0344. The van der Waals surface area contributed by atoms with E-state index in [4.69, 9.17) is 4.74 Å². The average Bonchev–Trinajstić information content (AvgIpc) is 2.62. The van der Waals surface area contributed by atoms with E-state index >= 15 is 0 Å². The Labute approximate surface area is 157 Å². The van der Waals surface area contributed by atoms with Gasteiger partial charge in [0.25, 0.3) is 5.91 Å². The zero-order valence-corrected chi connectivity index (χ0v) is 16.3. The van der Waals surface area contributed by atoms with E-state index in [1.807, 2.05) is 37.3 Å². The maximum atomic E-state index is 12.3. The van der Waals surface area contributed by atoms with Gasteiger partial charge in [0.15, 0.2) is 0 Å². The van der Waals surface area contributed by atoms with Crippen molar-refractivity contribution in [2.45, 2.75) is 40.5 Å². The summed E-state index contributed by atoms with van der Waals surface area (Å²) in [5.74, 6) is 1.30. The molecule has 0 saturated heterocycles. The smallest absolute Gasteiger partial charge is 0.306 e. The molecule has 0 aliphatic heterocycles. The predicted molar refractivity (Wildman–Crippen MR) is 104 cm³/mol. The highest BCUT2D eigenvalue weighted by atomic mass is 16.5. The van der Waals surface area contributed by atoms with Crippen molar-refractivity contribution in [1.82, 2.24) is 5.32 Å². The zero-order valence-electron chi connectivity index (χ0n) is 16.3. The summed E-state index contributed by atoms with van der Waals surface area (Å²) in [5, 5.41) is 3.07. The summed E-state index contributed by atoms with van der Waals surface area (Å²) in [5.41, 5.74) is 1.92. The van der Waals surface area contributed by atoms with Crippen molar-refractivity contribution in [3.8, 4) is 0 Å². The molecule has 142 valence electrons. The van der Waals surface area contributed by atoms with Gasteiger partial charge in [-0.25, -0.2) is 0 Å². The molecule has 1 amide bonds. The lowest BCUT2D eigenvalue weighted by Gasteiger charge is -2.37. The van der Waals surface area contributed by atoms with Crippen LogP contribution in [0.2, 0.25) is 0 Å². The Morgan fingerprint density at radius 2 is 1.92 bits per heavy atom. The molecule has 4 heteroatoms. The van der Waals surface area contributed by atoms with Crippen molar-refractivity contribution in [3.05, 3.63) is 47.5 Å². The number of carbonyl (C=O) groups excluding carboxylic acids is 2. The number of rotatable bonds is 7. The number of carbonyl (C=O) groups is 2. The molecule has 2 rings (SSSR count). The number of hydrogen-bond acceptors (Lipinski definition) is 3. The molecule has 0 radical (unpaired) electrons. The van der Waals surface area contributed by atoms with Crippen LogP contribution < -0.4 is 5.32 Å². The normalized spacial score (nSPS) is 22.7. The molecule has 4 nitrogen and oxygen atoms in total. The van der Waals surface area contributed by atoms with Gasteiger partial charge in [-0.05, 0) is 56.1 Å². The first-order valence-corrected chi connectivity index (χ1v) is 9.59. The summed E-state index contributed by atoms with van der Waals surface area (Å²) >= 11 is 0. The standard InChI is InChI=1S/C22H31NO3/c1-5-26-21(24)13-18-12-20(15(2)3)19(11-16(18)4)14-23-22(25)17-9-7-6-8-10-17/h6-11,15,18-20H,5,12-14H2,1-4H3,(H,23,25). The molecule has 1 aliphatic rings. The predicted octanol–water partition coefficient (Wildman–Crippen LogP) is 4.22. The van der Waals surface area contributed by atoms with Crippen molar-refractivity contribution in [1.29, 1.82) is 0 Å². The van der Waals surface area contributed by atoms with E-state index in [0.29, 0.717) is 42.9 Å². The molecule has 3 atom stereocenters. The second kappa shape index (κ2) is 9.56. The Balaban J connectivity index is 2.03. The monoisotopic (exact) mass is 357 g/mol. The quantitative estimate of drug-likeness (QED) is 0.587. The Hall–Kier alpha value is -2.10. The van der Waals surface area contributed by atoms with Gasteiger partial charge in [-0.3, -0.25) is 9.59 Å². The van der Waals surface area contributed by atoms with Crippen LogP contribution in [0, 0.1) is 23.7 Å². The van der Waals surface area contributed by atoms with Crippen molar-refractivity contribution in [2.75, 3.05) is 13.2 Å². The van der Waals surface area contributed by atoms with E-state index < -0.39 is 0 Å². The summed E-state index contributed by atoms with van der Waals surface area (Å²) in [4.78, 5) is 24.2. The van der Waals surface area contributed by atoms with Crippen LogP contribution in [0.5, 0.6) is 0 Å². The lowest BCUT2D eigenvalue weighted by molar-refractivity contribution is -0.144. The summed E-state index contributed by atoms with van der Waals surface area (Å²) in [6.45, 7) is 9.41. The molecule has 0 spiro atoms. The Morgan fingerprint density at radius 1 is 1.23 bits per heavy atom. The average molecular weight is 357 g/mol. The van der Waals surface area contributed by atoms with Crippen LogP contribution in [0.25, 0.3) is 0 Å². The highest BCUT2D eigenvalue weighted by Gasteiger charge is 2.32. The summed E-state index contributed by atoms with van der Waals surface area (Å²) in [7, 11) is 0. The molecule has 0 bridgehead atoms. The van der Waals surface area contributed by atoms with Crippen LogP contribution in [-0.4, -0.2) is 25.0 Å². The number of nitrogens with one attached hydrogen (secondary N) is 1. The van der Waals surface area contributed by atoms with Crippen LogP contribution in [0.4, 0.5) is 0 Å². The Morgan fingerprint density at radius 3 is 2.54 bits per heavy atom. The molecular weight excluding hydrogens is 326 g/mol. The SMILES string of the molecule is CCOC(=O)CC1CC(C(C)C)C(CNC(=O)c2ccccc2)C=C1C. The molecule has 1 N–H and O–H groups in total. The molecule has 1 aliphatic carbocycles. The first-order chi connectivity index (χ1) is 12.4. The van der Waals surface area contributed by atoms with E-state index in [2.05, 4.69) is 32.2 Å². The minimum atomic E-state index is -0.122. The third-order valence-corrected chi connectivity index (χ3v) is 5.34. The topological polar surface area (TPSA) is 55.4 Å². The first-order valence-electron chi connectivity index (χ1n) is 9.59. The maximum absolute atomic E-state index is 12.3. The lowest BCUT2D eigenvalue weighted by atomic mass is 9.70. The molecule has 3 unspecified atom stereocenters. The largest absolute Gasteiger partial charge is 0.466 e. The zero-order chi connectivity index (χ0) is 19.1. The van der Waals surface area contributed by atoms with Crippen LogP contribution in [-0.2, 0) is 9.53 Å². The molecule has 0 heterocycles. The molecular formula is C22H31NO3. The maximum Gasteiger partial charge on any atom is 0.306 e. The van der Waals surface area contributed by atoms with Gasteiger partial charge in [-0.15, -0.1) is 0 Å². The number of allylic oxidation sites excluding steroid dienone is 1. The third kappa shape index (κ3) is 5.45. The highest BCUT2D eigenvalue weighted by Crippen LogP contribution is 2.38. The van der Waals surface area contributed by atoms with Crippen molar-refractivity contribution in [3.63, 3.8) is 0 Å². The summed E-state index contributed by atoms with van der Waals surface area (Å²) in [6, 6.07) is 9.30. The van der Waals surface area contributed by atoms with Crippen LogP contribution in [0.1, 0.15) is 50.9 Å². The van der Waals surface area contributed by atoms with Crippen molar-refractivity contribution in [2.24, 2.45) is 23.7 Å². The van der Waals surface area contributed by atoms with Gasteiger partial charge in [0.2, 0.25) is 0 Å². The minimum Gasteiger partial charge on any atom is -0.466 e. The summed E-state index contributed by atoms with van der Waals surface area (Å²) in [6.07, 6.45) is 3.66. The number of ether oxygens (including phenoxy) is 1. The lowest BCUT2D eigenvalue weighted by Crippen LogP contribution is -2.37. The van der Waals surface area contributed by atoms with Crippen LogP contribution in [0.3, 0.4) is 0 Å². The molecule has 0 fully saturated rings. The van der Waals surface area contributed by atoms with Gasteiger partial charge in [0.05, 0.1) is 13.0 Å². The fraction of sp³-hybridized carbons (Fsp3) is 0.545. The van der Waals surface area contributed by atoms with Crippen molar-refractivity contribution < 1.29 is 14.3 Å². The second-order valence-electron chi connectivity index (χ2n) is 7.50. The van der Waals surface area contributed by atoms with Gasteiger partial charge in [0.1, 0.15) is 0 Å². The molecule has 26 heavy (non-hydrogen) atoms. The van der Waals surface area contributed by atoms with Gasteiger partial charge >= 0.3 is 5.97 Å². The number of benzene rings is 1. The molecule has 0 saturated carbocycles. The second-order valence-corrected chi connectivity index (χ2v) is 7.50. The van der Waals surface area contributed by atoms with E-state index in [-0.39, 0.29) is 17.8 Å². The van der Waals surface area contributed by atoms with Crippen molar-refractivity contribution >= 4 is 11.9 Å².